The number of hydrogen-bond acceptors (Lipinski definition) is 7. The second-order valence-electron chi connectivity index (χ2n) is 6.52. The Morgan fingerprint density at radius 1 is 1.00 bits per heavy atom. The van der Waals surface area contributed by atoms with Gasteiger partial charge in [0.15, 0.2) is 9.84 Å². The number of rotatable bonds is 8. The van der Waals surface area contributed by atoms with E-state index in [4.69, 9.17) is 20.8 Å². The number of para-hydroxylation sites is 1. The van der Waals surface area contributed by atoms with E-state index in [0.29, 0.717) is 39.5 Å². The predicted molar refractivity (Wildman–Crippen MR) is 116 cm³/mol. The molecule has 0 aliphatic carbocycles. The Morgan fingerprint density at radius 3 is 2.60 bits per heavy atom. The van der Waals surface area contributed by atoms with Gasteiger partial charge in [-0.25, -0.2) is 18.4 Å². The van der Waals surface area contributed by atoms with Gasteiger partial charge in [0.2, 0.25) is 5.89 Å². The van der Waals surface area contributed by atoms with Crippen LogP contribution < -0.4 is 4.74 Å². The first-order valence-electron chi connectivity index (χ1n) is 8.99. The maximum Gasteiger partial charge on any atom is 0.226 e. The molecule has 9 heteroatoms. The Labute approximate surface area is 183 Å². The molecule has 0 atom stereocenters. The lowest BCUT2D eigenvalue weighted by atomic mass is 10.2. The molecule has 154 valence electrons. The van der Waals surface area contributed by atoms with Gasteiger partial charge in [0.25, 0.3) is 0 Å². The average Bonchev–Trinajstić information content (AvgIpc) is 3.36. The third kappa shape index (κ3) is 5.47. The summed E-state index contributed by atoms with van der Waals surface area (Å²) >= 11 is 7.35. The number of aromatic nitrogens is 2. The number of oxazole rings is 1. The Hall–Kier alpha value is -2.68. The van der Waals surface area contributed by atoms with E-state index in [0.717, 1.165) is 5.75 Å². The van der Waals surface area contributed by atoms with Crippen molar-refractivity contribution in [2.75, 3.05) is 0 Å². The van der Waals surface area contributed by atoms with E-state index in [9.17, 15) is 8.42 Å². The zero-order valence-corrected chi connectivity index (χ0v) is 18.1. The van der Waals surface area contributed by atoms with Gasteiger partial charge in [-0.15, -0.1) is 11.3 Å². The quantitative estimate of drug-likeness (QED) is 0.362. The van der Waals surface area contributed by atoms with Gasteiger partial charge in [-0.2, -0.15) is 0 Å². The van der Waals surface area contributed by atoms with E-state index >= 15 is 0 Å². The van der Waals surface area contributed by atoms with Crippen LogP contribution in [0.1, 0.15) is 16.4 Å². The smallest absolute Gasteiger partial charge is 0.226 e. The van der Waals surface area contributed by atoms with Crippen molar-refractivity contribution in [1.29, 1.82) is 0 Å². The van der Waals surface area contributed by atoms with Crippen LogP contribution in [0.15, 0.2) is 70.7 Å². The van der Waals surface area contributed by atoms with E-state index < -0.39 is 9.84 Å². The summed E-state index contributed by atoms with van der Waals surface area (Å²) in [5.41, 5.74) is 1.52. The second kappa shape index (κ2) is 8.99. The summed E-state index contributed by atoms with van der Waals surface area (Å²) in [6.07, 6.45) is 1.36. The molecule has 0 radical (unpaired) electrons. The van der Waals surface area contributed by atoms with Crippen LogP contribution in [0.4, 0.5) is 0 Å². The standard InChI is InChI=1S/C21H17ClN2O4S2/c22-16-6-4-5-15(9-16)21-24-17(10-28-21)13-30(25,26)14-18-12-29-20(23-18)11-27-19-7-2-1-3-8-19/h1-10,12H,11,13-14H2. The SMILES string of the molecule is O=S(=O)(Cc1coc(-c2cccc(Cl)c2)n1)Cc1csc(COc2ccccc2)n1. The largest absolute Gasteiger partial charge is 0.486 e. The van der Waals surface area contributed by atoms with Crippen molar-refractivity contribution in [2.24, 2.45) is 0 Å². The Bertz CT molecular complexity index is 1240. The van der Waals surface area contributed by atoms with E-state index in [1.807, 2.05) is 30.3 Å². The summed E-state index contributed by atoms with van der Waals surface area (Å²) < 4.78 is 36.2. The highest BCUT2D eigenvalue weighted by Crippen LogP contribution is 2.23. The Balaban J connectivity index is 1.37. The van der Waals surface area contributed by atoms with Crippen molar-refractivity contribution >= 4 is 32.8 Å². The first-order chi connectivity index (χ1) is 14.5. The molecule has 4 rings (SSSR count). The van der Waals surface area contributed by atoms with Crippen LogP contribution in [-0.2, 0) is 27.9 Å². The molecule has 4 aromatic rings. The van der Waals surface area contributed by atoms with Crippen molar-refractivity contribution in [1.82, 2.24) is 9.97 Å². The van der Waals surface area contributed by atoms with E-state index in [2.05, 4.69) is 9.97 Å². The van der Waals surface area contributed by atoms with Crippen molar-refractivity contribution in [3.05, 3.63) is 87.7 Å². The molecule has 2 aromatic heterocycles. The molecule has 0 saturated heterocycles. The third-order valence-electron chi connectivity index (χ3n) is 4.06. The molecule has 0 fully saturated rings. The number of nitrogens with zero attached hydrogens (tertiary/aromatic N) is 2. The summed E-state index contributed by atoms with van der Waals surface area (Å²) in [6, 6.07) is 16.4. The second-order valence-corrected chi connectivity index (χ2v) is 9.96. The van der Waals surface area contributed by atoms with Crippen molar-refractivity contribution in [3.8, 4) is 17.2 Å². The van der Waals surface area contributed by atoms with E-state index in [-0.39, 0.29) is 11.5 Å². The summed E-state index contributed by atoms with van der Waals surface area (Å²) in [5, 5.41) is 3.01. The highest BCUT2D eigenvalue weighted by atomic mass is 35.5. The number of ether oxygens (including phenoxy) is 1. The molecule has 0 aliphatic heterocycles. The predicted octanol–water partition coefficient (Wildman–Crippen LogP) is 5.15. The molecule has 2 aromatic carbocycles. The molecular formula is C21H17ClN2O4S2. The zero-order chi connectivity index (χ0) is 21.0. The van der Waals surface area contributed by atoms with Gasteiger partial charge in [-0.05, 0) is 30.3 Å². The molecule has 30 heavy (non-hydrogen) atoms. The lowest BCUT2D eigenvalue weighted by Gasteiger charge is -2.02. The topological polar surface area (TPSA) is 82.3 Å². The van der Waals surface area contributed by atoms with Gasteiger partial charge >= 0.3 is 0 Å². The van der Waals surface area contributed by atoms with Gasteiger partial charge in [0.05, 0.1) is 22.9 Å². The van der Waals surface area contributed by atoms with E-state index in [1.165, 1.54) is 17.6 Å². The van der Waals surface area contributed by atoms with Crippen molar-refractivity contribution in [2.45, 2.75) is 18.1 Å². The minimum absolute atomic E-state index is 0.172. The van der Waals surface area contributed by atoms with Crippen LogP contribution >= 0.6 is 22.9 Å². The van der Waals surface area contributed by atoms with Crippen molar-refractivity contribution in [3.63, 3.8) is 0 Å². The van der Waals surface area contributed by atoms with Gasteiger partial charge < -0.3 is 9.15 Å². The monoisotopic (exact) mass is 460 g/mol. The number of thiazole rings is 1. The first kappa shape index (κ1) is 20.6. The molecule has 0 amide bonds. The fourth-order valence-electron chi connectivity index (χ4n) is 2.77. The van der Waals surface area contributed by atoms with Crippen LogP contribution in [0.25, 0.3) is 11.5 Å². The molecule has 2 heterocycles. The molecule has 0 saturated carbocycles. The fourth-order valence-corrected chi connectivity index (χ4v) is 5.06. The van der Waals surface area contributed by atoms with Crippen LogP contribution in [0.3, 0.4) is 0 Å². The molecule has 0 unspecified atom stereocenters. The van der Waals surface area contributed by atoms with Crippen molar-refractivity contribution < 1.29 is 17.6 Å². The van der Waals surface area contributed by atoms with Crippen LogP contribution in [0.5, 0.6) is 5.75 Å². The van der Waals surface area contributed by atoms with Gasteiger partial charge in [0.1, 0.15) is 23.6 Å². The number of sulfone groups is 1. The summed E-state index contributed by atoms with van der Waals surface area (Å²) in [7, 11) is -3.46. The third-order valence-corrected chi connectivity index (χ3v) is 6.64. The first-order valence-corrected chi connectivity index (χ1v) is 12.1. The minimum Gasteiger partial charge on any atom is -0.486 e. The van der Waals surface area contributed by atoms with E-state index in [1.54, 1.807) is 29.6 Å². The fraction of sp³-hybridized carbons (Fsp3) is 0.143. The van der Waals surface area contributed by atoms with Gasteiger partial charge in [-0.1, -0.05) is 35.9 Å². The average molecular weight is 461 g/mol. The van der Waals surface area contributed by atoms with Crippen LogP contribution in [-0.4, -0.2) is 18.4 Å². The highest BCUT2D eigenvalue weighted by Gasteiger charge is 2.19. The van der Waals surface area contributed by atoms with Crippen LogP contribution in [0.2, 0.25) is 5.02 Å². The van der Waals surface area contributed by atoms with Gasteiger partial charge in [0, 0.05) is 16.0 Å². The van der Waals surface area contributed by atoms with Crippen LogP contribution in [0, 0.1) is 0 Å². The Morgan fingerprint density at radius 2 is 1.80 bits per heavy atom. The zero-order valence-electron chi connectivity index (χ0n) is 15.7. The highest BCUT2D eigenvalue weighted by molar-refractivity contribution is 7.89. The van der Waals surface area contributed by atoms with Gasteiger partial charge in [-0.3, -0.25) is 0 Å². The molecule has 0 spiro atoms. The summed E-state index contributed by atoms with van der Waals surface area (Å²) in [5.74, 6) is 0.665. The summed E-state index contributed by atoms with van der Waals surface area (Å²) in [4.78, 5) is 8.64. The number of benzene rings is 2. The number of halogens is 1. The Kier molecular flexibility index (Phi) is 6.17. The number of hydrogen-bond donors (Lipinski definition) is 0. The molecular weight excluding hydrogens is 444 g/mol. The molecule has 6 nitrogen and oxygen atoms in total. The molecule has 0 bridgehead atoms. The summed E-state index contributed by atoms with van der Waals surface area (Å²) in [6.45, 7) is 0.293. The minimum atomic E-state index is -3.46. The molecule has 0 N–H and O–H groups in total. The lowest BCUT2D eigenvalue weighted by Crippen LogP contribution is -2.08. The maximum atomic E-state index is 12.6. The lowest BCUT2D eigenvalue weighted by molar-refractivity contribution is 0.305. The maximum absolute atomic E-state index is 12.6. The normalized spacial score (nSPS) is 11.5. The molecule has 0 aliphatic rings.